The Morgan fingerprint density at radius 2 is 2.29 bits per heavy atom. The number of nitrogens with one attached hydrogen (secondary N) is 1. The molecule has 2 aromatic rings. The number of rotatable bonds is 5. The van der Waals surface area contributed by atoms with E-state index in [1.165, 1.54) is 25.7 Å². The van der Waals surface area contributed by atoms with Crippen LogP contribution in [0.2, 0.25) is 0 Å². The van der Waals surface area contributed by atoms with Gasteiger partial charge in [-0.05, 0) is 49.8 Å². The van der Waals surface area contributed by atoms with Crippen LogP contribution in [0.5, 0.6) is 0 Å². The third-order valence-corrected chi connectivity index (χ3v) is 5.23. The molecule has 3 nitrogen and oxygen atoms in total. The highest BCUT2D eigenvalue weighted by molar-refractivity contribution is 7.99. The van der Waals surface area contributed by atoms with E-state index >= 15 is 0 Å². The van der Waals surface area contributed by atoms with Gasteiger partial charge in [-0.3, -0.25) is 4.98 Å². The summed E-state index contributed by atoms with van der Waals surface area (Å²) in [6.07, 6.45) is 11.1. The van der Waals surface area contributed by atoms with Gasteiger partial charge >= 0.3 is 0 Å². The smallest absolute Gasteiger partial charge is 0.135 e. The van der Waals surface area contributed by atoms with Crippen LogP contribution in [0.25, 0.3) is 11.3 Å². The molecule has 2 aromatic heterocycles. The van der Waals surface area contributed by atoms with Gasteiger partial charge < -0.3 is 9.73 Å². The molecule has 1 saturated carbocycles. The highest BCUT2D eigenvalue weighted by atomic mass is 32.2. The zero-order valence-electron chi connectivity index (χ0n) is 12.4. The summed E-state index contributed by atoms with van der Waals surface area (Å²) in [6.45, 7) is 0.812. The Morgan fingerprint density at radius 1 is 1.33 bits per heavy atom. The Kier molecular flexibility index (Phi) is 4.99. The summed E-state index contributed by atoms with van der Waals surface area (Å²) >= 11 is 2.00. The van der Waals surface area contributed by atoms with E-state index in [1.807, 2.05) is 36.2 Å². The molecule has 0 aromatic carbocycles. The van der Waals surface area contributed by atoms with Crippen LogP contribution in [0.3, 0.4) is 0 Å². The van der Waals surface area contributed by atoms with Gasteiger partial charge in [0.15, 0.2) is 0 Å². The normalized spacial score (nSPS) is 22.3. The lowest BCUT2D eigenvalue weighted by atomic mass is 9.95. The molecule has 112 valence electrons. The van der Waals surface area contributed by atoms with Crippen molar-refractivity contribution in [2.24, 2.45) is 0 Å². The summed E-state index contributed by atoms with van der Waals surface area (Å²) in [4.78, 5) is 4.13. The van der Waals surface area contributed by atoms with Gasteiger partial charge in [-0.1, -0.05) is 6.42 Å². The first-order valence-corrected chi connectivity index (χ1v) is 8.89. The molecule has 2 atom stereocenters. The number of hydrogen-bond donors (Lipinski definition) is 1. The zero-order valence-corrected chi connectivity index (χ0v) is 13.2. The molecule has 0 saturated heterocycles. The Morgan fingerprint density at radius 3 is 3.10 bits per heavy atom. The van der Waals surface area contributed by atoms with Crippen LogP contribution >= 0.6 is 11.8 Å². The van der Waals surface area contributed by atoms with Crippen molar-refractivity contribution in [3.05, 3.63) is 42.4 Å². The molecule has 0 radical (unpaired) electrons. The molecule has 4 heteroatoms. The maximum absolute atomic E-state index is 5.91. The molecule has 1 N–H and O–H groups in total. The van der Waals surface area contributed by atoms with E-state index < -0.39 is 0 Å². The van der Waals surface area contributed by atoms with Gasteiger partial charge in [0.1, 0.15) is 11.5 Å². The predicted octanol–water partition coefficient (Wildman–Crippen LogP) is 4.11. The number of nitrogens with zero attached hydrogens (tertiary/aromatic N) is 1. The molecule has 0 aliphatic heterocycles. The van der Waals surface area contributed by atoms with Gasteiger partial charge in [-0.25, -0.2) is 0 Å². The van der Waals surface area contributed by atoms with E-state index in [9.17, 15) is 0 Å². The van der Waals surface area contributed by atoms with Gasteiger partial charge in [0.05, 0.1) is 6.54 Å². The van der Waals surface area contributed by atoms with E-state index in [4.69, 9.17) is 4.42 Å². The van der Waals surface area contributed by atoms with E-state index in [0.717, 1.165) is 28.9 Å². The molecule has 1 aliphatic carbocycles. The second kappa shape index (κ2) is 7.14. The van der Waals surface area contributed by atoms with E-state index in [-0.39, 0.29) is 0 Å². The van der Waals surface area contributed by atoms with Crippen molar-refractivity contribution in [1.29, 1.82) is 0 Å². The first kappa shape index (κ1) is 14.7. The molecule has 1 fully saturated rings. The summed E-state index contributed by atoms with van der Waals surface area (Å²) in [5, 5.41) is 4.46. The Balaban J connectivity index is 1.55. The quantitative estimate of drug-likeness (QED) is 0.902. The maximum atomic E-state index is 5.91. The van der Waals surface area contributed by atoms with Crippen LogP contribution < -0.4 is 5.32 Å². The van der Waals surface area contributed by atoms with Crippen molar-refractivity contribution >= 4 is 11.8 Å². The van der Waals surface area contributed by atoms with E-state index in [0.29, 0.717) is 6.04 Å². The Bertz CT molecular complexity index is 555. The number of hydrogen-bond acceptors (Lipinski definition) is 4. The van der Waals surface area contributed by atoms with Gasteiger partial charge in [-0.15, -0.1) is 0 Å². The second-order valence-electron chi connectivity index (χ2n) is 5.61. The highest BCUT2D eigenvalue weighted by Crippen LogP contribution is 2.27. The molecule has 21 heavy (non-hydrogen) atoms. The molecule has 0 unspecified atom stereocenters. The molecule has 0 spiro atoms. The maximum Gasteiger partial charge on any atom is 0.135 e. The Hall–Kier alpha value is -1.26. The molecule has 0 bridgehead atoms. The molecular weight excluding hydrogens is 280 g/mol. The minimum atomic E-state index is 0.628. The van der Waals surface area contributed by atoms with Gasteiger partial charge in [0.25, 0.3) is 0 Å². The number of furan rings is 1. The van der Waals surface area contributed by atoms with Crippen LogP contribution in [-0.2, 0) is 6.54 Å². The van der Waals surface area contributed by atoms with Crippen molar-refractivity contribution in [1.82, 2.24) is 10.3 Å². The minimum absolute atomic E-state index is 0.628. The molecular formula is C17H22N2OS. The second-order valence-corrected chi connectivity index (χ2v) is 6.75. The van der Waals surface area contributed by atoms with Gasteiger partial charge in [0.2, 0.25) is 0 Å². The van der Waals surface area contributed by atoms with Crippen LogP contribution in [0.1, 0.15) is 31.4 Å². The summed E-state index contributed by atoms with van der Waals surface area (Å²) < 4.78 is 5.91. The fraction of sp³-hybridized carbons (Fsp3) is 0.471. The van der Waals surface area contributed by atoms with Crippen molar-refractivity contribution < 1.29 is 4.42 Å². The summed E-state index contributed by atoms with van der Waals surface area (Å²) in [6, 6.07) is 8.67. The number of pyridine rings is 1. The lowest BCUT2D eigenvalue weighted by Crippen LogP contribution is -2.34. The average molecular weight is 302 g/mol. The van der Waals surface area contributed by atoms with E-state index in [1.54, 1.807) is 6.20 Å². The topological polar surface area (TPSA) is 38.1 Å². The van der Waals surface area contributed by atoms with Crippen molar-refractivity contribution in [3.8, 4) is 11.3 Å². The van der Waals surface area contributed by atoms with Gasteiger partial charge in [-0.2, -0.15) is 11.8 Å². The van der Waals surface area contributed by atoms with Gasteiger partial charge in [0, 0.05) is 29.2 Å². The van der Waals surface area contributed by atoms with Crippen LogP contribution in [0.4, 0.5) is 0 Å². The number of aromatic nitrogens is 1. The standard InChI is InChI=1S/C17H22N2OS/c1-21-16-6-2-5-14(10-16)19-12-15-7-8-17(20-15)13-4-3-9-18-11-13/h3-4,7-9,11,14,16,19H,2,5-6,10,12H2,1H3/t14-,16+/m1/s1. The molecule has 0 amide bonds. The van der Waals surface area contributed by atoms with Crippen molar-refractivity contribution in [2.75, 3.05) is 6.26 Å². The summed E-state index contributed by atoms with van der Waals surface area (Å²) in [7, 11) is 0. The first-order chi connectivity index (χ1) is 10.3. The summed E-state index contributed by atoms with van der Waals surface area (Å²) in [5.74, 6) is 1.89. The fourth-order valence-corrected chi connectivity index (χ4v) is 3.75. The SMILES string of the molecule is CS[C@H]1CCC[C@@H](NCc2ccc(-c3cccnc3)o2)C1. The lowest BCUT2D eigenvalue weighted by Gasteiger charge is -2.28. The molecule has 1 aliphatic rings. The Labute approximate surface area is 130 Å². The first-order valence-electron chi connectivity index (χ1n) is 7.60. The third-order valence-electron chi connectivity index (χ3n) is 4.13. The van der Waals surface area contributed by atoms with E-state index in [2.05, 4.69) is 22.6 Å². The largest absolute Gasteiger partial charge is 0.460 e. The fourth-order valence-electron chi connectivity index (χ4n) is 2.93. The van der Waals surface area contributed by atoms with Crippen molar-refractivity contribution in [2.45, 2.75) is 43.5 Å². The predicted molar refractivity (Wildman–Crippen MR) is 88.3 cm³/mol. The zero-order chi connectivity index (χ0) is 14.5. The van der Waals surface area contributed by atoms with Crippen LogP contribution in [0, 0.1) is 0 Å². The van der Waals surface area contributed by atoms with Crippen molar-refractivity contribution in [3.63, 3.8) is 0 Å². The third kappa shape index (κ3) is 3.89. The number of thioether (sulfide) groups is 1. The minimum Gasteiger partial charge on any atom is -0.460 e. The monoisotopic (exact) mass is 302 g/mol. The van der Waals surface area contributed by atoms with Crippen LogP contribution in [-0.4, -0.2) is 22.5 Å². The molecule has 3 rings (SSSR count). The summed E-state index contributed by atoms with van der Waals surface area (Å²) in [5.41, 5.74) is 1.03. The average Bonchev–Trinajstić information content (AvgIpc) is 3.03. The van der Waals surface area contributed by atoms with Crippen LogP contribution in [0.15, 0.2) is 41.1 Å². The molecule has 2 heterocycles. The highest BCUT2D eigenvalue weighted by Gasteiger charge is 2.20. The lowest BCUT2D eigenvalue weighted by molar-refractivity contribution is 0.364.